The number of nitrogens with one attached hydrogen (secondary N) is 1. The monoisotopic (exact) mass is 377 g/mol. The van der Waals surface area contributed by atoms with Crippen LogP contribution in [0.2, 0.25) is 0 Å². The minimum atomic E-state index is 0.196. The molecule has 2 fully saturated rings. The van der Waals surface area contributed by atoms with Crippen molar-refractivity contribution in [3.63, 3.8) is 0 Å². The van der Waals surface area contributed by atoms with Gasteiger partial charge in [0.25, 0.3) is 0 Å². The molecule has 0 spiro atoms. The molecule has 0 bridgehead atoms. The molecule has 0 unspecified atom stereocenters. The summed E-state index contributed by atoms with van der Waals surface area (Å²) in [6.07, 6.45) is 12.1. The zero-order chi connectivity index (χ0) is 18.8. The van der Waals surface area contributed by atoms with Gasteiger partial charge < -0.3 is 4.90 Å². The Morgan fingerprint density at radius 3 is 2.64 bits per heavy atom. The molecule has 1 aliphatic carbocycles. The maximum atomic E-state index is 4.59. The second-order valence-electron chi connectivity index (χ2n) is 8.38. The Kier molecular flexibility index (Phi) is 5.04. The predicted molar refractivity (Wildman–Crippen MR) is 108 cm³/mol. The van der Waals surface area contributed by atoms with E-state index in [1.54, 1.807) is 4.90 Å². The van der Waals surface area contributed by atoms with Gasteiger partial charge in [0.05, 0.1) is 24.6 Å². The van der Waals surface area contributed by atoms with Gasteiger partial charge in [-0.3, -0.25) is 4.98 Å². The Bertz CT molecular complexity index is 923. The Morgan fingerprint density at radius 1 is 0.964 bits per heavy atom. The van der Waals surface area contributed by atoms with E-state index in [2.05, 4.69) is 49.5 Å². The number of fused-ring (bicyclic) bond motifs is 1. The number of tetrazole rings is 1. The van der Waals surface area contributed by atoms with Crippen LogP contribution in [0.15, 0.2) is 36.5 Å². The highest BCUT2D eigenvalue weighted by atomic mass is 15.6. The molecule has 2 aromatic heterocycles. The van der Waals surface area contributed by atoms with Crippen LogP contribution < -0.4 is 4.90 Å². The third-order valence-electron chi connectivity index (χ3n) is 6.56. The first-order valence-electron chi connectivity index (χ1n) is 10.9. The fourth-order valence-corrected chi connectivity index (χ4v) is 5.11. The van der Waals surface area contributed by atoms with Crippen LogP contribution in [-0.2, 0) is 0 Å². The largest absolute Gasteiger partial charge is 0.322 e. The third kappa shape index (κ3) is 3.41. The van der Waals surface area contributed by atoms with Crippen LogP contribution in [0.4, 0.5) is 0 Å². The van der Waals surface area contributed by atoms with Gasteiger partial charge >= 0.3 is 0 Å². The average molecular weight is 378 g/mol. The van der Waals surface area contributed by atoms with Crippen molar-refractivity contribution >= 4 is 10.9 Å². The fourth-order valence-electron chi connectivity index (χ4n) is 5.11. The summed E-state index contributed by atoms with van der Waals surface area (Å²) in [6.45, 7) is 2.38. The summed E-state index contributed by atoms with van der Waals surface area (Å²) in [5.41, 5.74) is 2.36. The van der Waals surface area contributed by atoms with Gasteiger partial charge in [-0.15, -0.1) is 5.10 Å². The third-order valence-corrected chi connectivity index (χ3v) is 6.56. The molecule has 5 rings (SSSR count). The van der Waals surface area contributed by atoms with Crippen LogP contribution in [0.1, 0.15) is 74.8 Å². The molecular weight excluding hydrogens is 348 g/mol. The Morgan fingerprint density at radius 2 is 1.79 bits per heavy atom. The van der Waals surface area contributed by atoms with Crippen molar-refractivity contribution in [2.75, 3.05) is 13.1 Å². The van der Waals surface area contributed by atoms with Crippen molar-refractivity contribution in [3.8, 4) is 0 Å². The molecule has 28 heavy (non-hydrogen) atoms. The van der Waals surface area contributed by atoms with Gasteiger partial charge in [0.2, 0.25) is 5.82 Å². The first-order chi connectivity index (χ1) is 13.9. The standard InChI is InChI=1S/C22H28N6/c1-3-9-19(10-4-1)28-22(24-25-26-28)21(27-14-5-2-6-15-27)18-11-12-20-17(16-18)8-7-13-23-20/h7-8,11-13,16,19,21H,1-6,9-10,14-15H2/p+1/t21-/m1/s1. The smallest absolute Gasteiger partial charge is 0.214 e. The number of likely N-dealkylation sites (tertiary alicyclic amines) is 1. The Balaban J connectivity index is 1.57. The van der Waals surface area contributed by atoms with Crippen LogP contribution >= 0.6 is 0 Å². The van der Waals surface area contributed by atoms with Crippen molar-refractivity contribution in [2.45, 2.75) is 63.5 Å². The topological polar surface area (TPSA) is 60.9 Å². The number of rotatable bonds is 4. The lowest BCUT2D eigenvalue weighted by molar-refractivity contribution is -0.931. The van der Waals surface area contributed by atoms with E-state index >= 15 is 0 Å². The van der Waals surface area contributed by atoms with Crippen molar-refractivity contribution in [1.29, 1.82) is 0 Å². The molecule has 3 aromatic rings. The minimum absolute atomic E-state index is 0.196. The van der Waals surface area contributed by atoms with E-state index in [1.165, 1.54) is 75.4 Å². The molecule has 1 atom stereocenters. The van der Waals surface area contributed by atoms with E-state index in [1.807, 2.05) is 12.3 Å². The lowest BCUT2D eigenvalue weighted by atomic mass is 9.94. The van der Waals surface area contributed by atoms with Crippen LogP contribution in [0.25, 0.3) is 10.9 Å². The molecule has 1 aliphatic heterocycles. The van der Waals surface area contributed by atoms with E-state index in [4.69, 9.17) is 0 Å². The van der Waals surface area contributed by atoms with Gasteiger partial charge in [-0.1, -0.05) is 31.4 Å². The van der Waals surface area contributed by atoms with Crippen LogP contribution in [0, 0.1) is 0 Å². The molecule has 2 aliphatic rings. The maximum Gasteiger partial charge on any atom is 0.214 e. The molecule has 1 saturated heterocycles. The summed E-state index contributed by atoms with van der Waals surface area (Å²) in [5.74, 6) is 1.05. The summed E-state index contributed by atoms with van der Waals surface area (Å²) in [4.78, 5) is 6.09. The molecule has 3 heterocycles. The normalized spacial score (nSPS) is 20.4. The van der Waals surface area contributed by atoms with Crippen LogP contribution in [-0.4, -0.2) is 38.3 Å². The van der Waals surface area contributed by atoms with Crippen molar-refractivity contribution < 1.29 is 4.90 Å². The molecule has 0 amide bonds. The lowest BCUT2D eigenvalue weighted by Crippen LogP contribution is -3.13. The highest BCUT2D eigenvalue weighted by Crippen LogP contribution is 2.30. The molecule has 6 heteroatoms. The molecular formula is C22H29N6+. The minimum Gasteiger partial charge on any atom is -0.322 e. The molecule has 1 N–H and O–H groups in total. The summed E-state index contributed by atoms with van der Waals surface area (Å²) < 4.78 is 2.17. The highest BCUT2D eigenvalue weighted by Gasteiger charge is 2.34. The van der Waals surface area contributed by atoms with Crippen molar-refractivity contribution in [3.05, 3.63) is 47.9 Å². The number of hydrogen-bond acceptors (Lipinski definition) is 4. The number of pyridine rings is 1. The summed E-state index contributed by atoms with van der Waals surface area (Å²) in [7, 11) is 0. The number of hydrogen-bond donors (Lipinski definition) is 1. The maximum absolute atomic E-state index is 4.59. The highest BCUT2D eigenvalue weighted by molar-refractivity contribution is 5.79. The van der Waals surface area contributed by atoms with E-state index < -0.39 is 0 Å². The SMILES string of the molecule is c1cnc2ccc([C@H](c3nnnn3C3CCCCC3)[NH+]3CCCCC3)cc2c1. The second-order valence-corrected chi connectivity index (χ2v) is 8.38. The van der Waals surface area contributed by atoms with E-state index in [0.717, 1.165) is 11.3 Å². The molecule has 1 aromatic carbocycles. The molecule has 6 nitrogen and oxygen atoms in total. The van der Waals surface area contributed by atoms with Gasteiger partial charge in [-0.2, -0.15) is 0 Å². The quantitative estimate of drug-likeness (QED) is 0.759. The number of benzene rings is 1. The number of aromatic nitrogens is 5. The number of quaternary nitrogens is 1. The lowest BCUT2D eigenvalue weighted by Gasteiger charge is -2.32. The predicted octanol–water partition coefficient (Wildman–Crippen LogP) is 2.88. The van der Waals surface area contributed by atoms with Gasteiger partial charge in [-0.25, -0.2) is 4.68 Å². The Labute approximate surface area is 166 Å². The van der Waals surface area contributed by atoms with E-state index in [9.17, 15) is 0 Å². The van der Waals surface area contributed by atoms with Crippen LogP contribution in [0.5, 0.6) is 0 Å². The Hall–Kier alpha value is -2.34. The summed E-state index contributed by atoms with van der Waals surface area (Å²) >= 11 is 0. The first-order valence-corrected chi connectivity index (χ1v) is 10.9. The molecule has 1 saturated carbocycles. The van der Waals surface area contributed by atoms with E-state index in [-0.39, 0.29) is 6.04 Å². The van der Waals surface area contributed by atoms with Gasteiger partial charge in [0.1, 0.15) is 0 Å². The zero-order valence-electron chi connectivity index (χ0n) is 16.4. The molecule has 146 valence electrons. The van der Waals surface area contributed by atoms with Crippen molar-refractivity contribution in [2.24, 2.45) is 0 Å². The van der Waals surface area contributed by atoms with Gasteiger partial charge in [0.15, 0.2) is 6.04 Å². The van der Waals surface area contributed by atoms with E-state index in [0.29, 0.717) is 6.04 Å². The number of piperidine rings is 1. The fraction of sp³-hybridized carbons (Fsp3) is 0.545. The van der Waals surface area contributed by atoms with Gasteiger partial charge in [-0.05, 0) is 60.7 Å². The molecule has 0 radical (unpaired) electrons. The average Bonchev–Trinajstić information content (AvgIpc) is 3.25. The second kappa shape index (κ2) is 7.95. The number of nitrogens with zero attached hydrogens (tertiary/aromatic N) is 5. The summed E-state index contributed by atoms with van der Waals surface area (Å²) in [6, 6.07) is 11.5. The summed E-state index contributed by atoms with van der Waals surface area (Å²) in [5, 5.41) is 14.4. The van der Waals surface area contributed by atoms with Crippen molar-refractivity contribution in [1.82, 2.24) is 25.2 Å². The first kappa shape index (κ1) is 17.7. The zero-order valence-corrected chi connectivity index (χ0v) is 16.4. The van der Waals surface area contributed by atoms with Gasteiger partial charge in [0, 0.05) is 17.1 Å². The van der Waals surface area contributed by atoms with Crippen LogP contribution in [0.3, 0.4) is 0 Å².